The van der Waals surface area contributed by atoms with Gasteiger partial charge in [-0.2, -0.15) is 12.7 Å². The molecule has 1 aromatic carbocycles. The Bertz CT molecular complexity index is 528. The smallest absolute Gasteiger partial charge is 0.301 e. The summed E-state index contributed by atoms with van der Waals surface area (Å²) in [5.74, 6) is 0.225. The third-order valence-corrected chi connectivity index (χ3v) is 5.75. The van der Waals surface area contributed by atoms with Crippen LogP contribution >= 0.6 is 22.6 Å². The Labute approximate surface area is 127 Å². The molecule has 7 heteroatoms. The van der Waals surface area contributed by atoms with Gasteiger partial charge in [0.1, 0.15) is 0 Å². The number of halogens is 1. The van der Waals surface area contributed by atoms with E-state index in [1.807, 2.05) is 12.1 Å². The van der Waals surface area contributed by atoms with Crippen molar-refractivity contribution >= 4 is 38.5 Å². The average molecular weight is 396 g/mol. The number of nitrogens with one attached hydrogen (secondary N) is 1. The van der Waals surface area contributed by atoms with Crippen molar-refractivity contribution < 1.29 is 13.5 Å². The first kappa shape index (κ1) is 15.0. The maximum absolute atomic E-state index is 12.3. The van der Waals surface area contributed by atoms with Gasteiger partial charge in [-0.05, 0) is 53.5 Å². The molecule has 1 fully saturated rings. The van der Waals surface area contributed by atoms with Crippen LogP contribution in [0.4, 0.5) is 5.69 Å². The van der Waals surface area contributed by atoms with Crippen LogP contribution in [-0.2, 0) is 10.2 Å². The minimum Gasteiger partial charge on any atom is -0.396 e. The minimum absolute atomic E-state index is 0.137. The van der Waals surface area contributed by atoms with Crippen molar-refractivity contribution in [3.8, 4) is 0 Å². The van der Waals surface area contributed by atoms with E-state index in [-0.39, 0.29) is 12.5 Å². The summed E-state index contributed by atoms with van der Waals surface area (Å²) in [5.41, 5.74) is 0.604. The Kier molecular flexibility index (Phi) is 5.04. The van der Waals surface area contributed by atoms with E-state index in [9.17, 15) is 8.42 Å². The molecule has 1 heterocycles. The number of piperidine rings is 1. The van der Waals surface area contributed by atoms with Gasteiger partial charge in [0.2, 0.25) is 0 Å². The van der Waals surface area contributed by atoms with Gasteiger partial charge in [0, 0.05) is 23.3 Å². The maximum Gasteiger partial charge on any atom is 0.301 e. The lowest BCUT2D eigenvalue weighted by Crippen LogP contribution is -2.42. The first-order valence-electron chi connectivity index (χ1n) is 6.16. The summed E-state index contributed by atoms with van der Waals surface area (Å²) in [6.07, 6.45) is 1.42. The van der Waals surface area contributed by atoms with Gasteiger partial charge in [-0.1, -0.05) is 12.1 Å². The van der Waals surface area contributed by atoms with Crippen molar-refractivity contribution in [1.82, 2.24) is 4.31 Å². The van der Waals surface area contributed by atoms with Crippen LogP contribution < -0.4 is 4.72 Å². The zero-order valence-electron chi connectivity index (χ0n) is 10.4. The highest BCUT2D eigenvalue weighted by Crippen LogP contribution is 2.23. The number of aliphatic hydroxyl groups excluding tert-OH is 1. The molecule has 2 N–H and O–H groups in total. The molecule has 1 aliphatic heterocycles. The molecule has 1 aliphatic rings. The molecule has 2 rings (SSSR count). The second-order valence-corrected chi connectivity index (χ2v) is 7.44. The Morgan fingerprint density at radius 2 is 1.95 bits per heavy atom. The fraction of sp³-hybridized carbons (Fsp3) is 0.500. The molecule has 0 bridgehead atoms. The fourth-order valence-corrected chi connectivity index (χ4v) is 4.06. The largest absolute Gasteiger partial charge is 0.396 e. The van der Waals surface area contributed by atoms with Gasteiger partial charge in [-0.25, -0.2) is 0 Å². The van der Waals surface area contributed by atoms with Crippen LogP contribution in [-0.4, -0.2) is 37.5 Å². The second kappa shape index (κ2) is 6.38. The van der Waals surface area contributed by atoms with Gasteiger partial charge in [0.15, 0.2) is 0 Å². The number of para-hydroxylation sites is 1. The highest BCUT2D eigenvalue weighted by molar-refractivity contribution is 14.1. The molecule has 106 valence electrons. The molecule has 0 radical (unpaired) electrons. The first-order chi connectivity index (χ1) is 9.03. The number of hydrogen-bond donors (Lipinski definition) is 2. The van der Waals surface area contributed by atoms with Gasteiger partial charge in [0.25, 0.3) is 0 Å². The van der Waals surface area contributed by atoms with Crippen molar-refractivity contribution in [1.29, 1.82) is 0 Å². The van der Waals surface area contributed by atoms with Crippen molar-refractivity contribution in [2.75, 3.05) is 24.4 Å². The van der Waals surface area contributed by atoms with Gasteiger partial charge in [-0.15, -0.1) is 0 Å². The summed E-state index contributed by atoms with van der Waals surface area (Å²) in [7, 11) is -3.49. The first-order valence-corrected chi connectivity index (χ1v) is 8.68. The number of benzene rings is 1. The fourth-order valence-electron chi connectivity index (χ4n) is 2.08. The van der Waals surface area contributed by atoms with Crippen molar-refractivity contribution in [3.05, 3.63) is 27.8 Å². The van der Waals surface area contributed by atoms with E-state index in [1.165, 1.54) is 4.31 Å². The lowest BCUT2D eigenvalue weighted by Gasteiger charge is -2.30. The van der Waals surface area contributed by atoms with E-state index >= 15 is 0 Å². The summed E-state index contributed by atoms with van der Waals surface area (Å²) >= 11 is 2.10. The number of hydrogen-bond acceptors (Lipinski definition) is 3. The Morgan fingerprint density at radius 1 is 1.32 bits per heavy atom. The zero-order valence-corrected chi connectivity index (χ0v) is 13.4. The zero-order chi connectivity index (χ0) is 13.9. The molecular formula is C12H17IN2O3S. The SMILES string of the molecule is O=S(=O)(Nc1ccccc1I)N1CCC(CO)CC1. The molecule has 1 saturated heterocycles. The molecule has 0 aromatic heterocycles. The number of anilines is 1. The van der Waals surface area contributed by atoms with Crippen LogP contribution in [0.15, 0.2) is 24.3 Å². The monoisotopic (exact) mass is 396 g/mol. The number of nitrogens with zero attached hydrogens (tertiary/aromatic N) is 1. The van der Waals surface area contributed by atoms with Crippen molar-refractivity contribution in [3.63, 3.8) is 0 Å². The summed E-state index contributed by atoms with van der Waals surface area (Å²) in [6.45, 7) is 1.06. The van der Waals surface area contributed by atoms with Crippen LogP contribution in [0.5, 0.6) is 0 Å². The van der Waals surface area contributed by atoms with Crippen molar-refractivity contribution in [2.24, 2.45) is 5.92 Å². The molecule has 0 saturated carbocycles. The Balaban J connectivity index is 2.05. The predicted octanol–water partition coefficient (Wildman–Crippen LogP) is 1.65. The van der Waals surface area contributed by atoms with Crippen LogP contribution in [0.25, 0.3) is 0 Å². The van der Waals surface area contributed by atoms with Crippen LogP contribution in [0.2, 0.25) is 0 Å². The van der Waals surface area contributed by atoms with E-state index in [4.69, 9.17) is 5.11 Å². The number of rotatable bonds is 4. The Morgan fingerprint density at radius 3 is 2.53 bits per heavy atom. The van der Waals surface area contributed by atoms with Gasteiger partial charge in [0.05, 0.1) is 5.69 Å². The molecule has 19 heavy (non-hydrogen) atoms. The summed E-state index contributed by atoms with van der Waals surface area (Å²) in [5, 5.41) is 9.07. The molecule has 0 amide bonds. The maximum atomic E-state index is 12.3. The molecule has 0 unspecified atom stereocenters. The van der Waals surface area contributed by atoms with Crippen LogP contribution in [0.3, 0.4) is 0 Å². The topological polar surface area (TPSA) is 69.6 Å². The molecule has 0 aliphatic carbocycles. The average Bonchev–Trinajstić information content (AvgIpc) is 2.41. The van der Waals surface area contributed by atoms with E-state index in [0.29, 0.717) is 31.6 Å². The minimum atomic E-state index is -3.49. The van der Waals surface area contributed by atoms with E-state index in [2.05, 4.69) is 27.3 Å². The molecule has 1 aromatic rings. The third-order valence-electron chi connectivity index (χ3n) is 3.28. The van der Waals surface area contributed by atoms with Gasteiger partial charge < -0.3 is 5.11 Å². The van der Waals surface area contributed by atoms with Gasteiger partial charge in [-0.3, -0.25) is 4.72 Å². The van der Waals surface area contributed by atoms with Gasteiger partial charge >= 0.3 is 10.2 Å². The molecule has 0 atom stereocenters. The van der Waals surface area contributed by atoms with E-state index in [0.717, 1.165) is 3.57 Å². The summed E-state index contributed by atoms with van der Waals surface area (Å²) in [6, 6.07) is 7.28. The van der Waals surface area contributed by atoms with E-state index < -0.39 is 10.2 Å². The van der Waals surface area contributed by atoms with Crippen LogP contribution in [0.1, 0.15) is 12.8 Å². The third kappa shape index (κ3) is 3.80. The number of aliphatic hydroxyl groups is 1. The quantitative estimate of drug-likeness (QED) is 0.761. The second-order valence-electron chi connectivity index (χ2n) is 4.61. The lowest BCUT2D eigenvalue weighted by molar-refractivity contribution is 0.170. The van der Waals surface area contributed by atoms with E-state index in [1.54, 1.807) is 12.1 Å². The normalized spacial score (nSPS) is 18.4. The highest BCUT2D eigenvalue weighted by Gasteiger charge is 2.27. The Hall–Kier alpha value is -0.380. The van der Waals surface area contributed by atoms with Crippen LogP contribution in [0, 0.1) is 9.49 Å². The van der Waals surface area contributed by atoms with Crippen molar-refractivity contribution in [2.45, 2.75) is 12.8 Å². The summed E-state index contributed by atoms with van der Waals surface area (Å²) < 4.78 is 29.4. The highest BCUT2D eigenvalue weighted by atomic mass is 127. The summed E-state index contributed by atoms with van der Waals surface area (Å²) in [4.78, 5) is 0. The standard InChI is InChI=1S/C12H17IN2O3S/c13-11-3-1-2-4-12(11)14-19(17,18)15-7-5-10(9-16)6-8-15/h1-4,10,14,16H,5-9H2. The molecule has 0 spiro atoms. The molecular weight excluding hydrogens is 379 g/mol. The predicted molar refractivity (Wildman–Crippen MR) is 83.1 cm³/mol. The lowest BCUT2D eigenvalue weighted by atomic mass is 10.00. The molecule has 5 nitrogen and oxygen atoms in total.